The number of pyridine rings is 1. The van der Waals surface area contributed by atoms with Crippen molar-refractivity contribution in [1.82, 2.24) is 25.3 Å². The van der Waals surface area contributed by atoms with Crippen LogP contribution in [-0.2, 0) is 6.54 Å². The number of aryl methyl sites for hydroxylation is 1. The molecule has 2 heterocycles. The first-order valence-corrected chi connectivity index (χ1v) is 7.12. The highest BCUT2D eigenvalue weighted by molar-refractivity contribution is 5.94. The molecule has 1 amide bonds. The summed E-state index contributed by atoms with van der Waals surface area (Å²) in [7, 11) is 0. The fourth-order valence-corrected chi connectivity index (χ4v) is 1.82. The molecule has 2 N–H and O–H groups in total. The highest BCUT2D eigenvalue weighted by atomic mass is 16.1. The number of aromatic nitrogens is 4. The van der Waals surface area contributed by atoms with Gasteiger partial charge in [-0.15, -0.1) is 5.10 Å². The molecule has 2 aromatic rings. The smallest absolute Gasteiger partial charge is 0.251 e. The van der Waals surface area contributed by atoms with Crippen LogP contribution in [0.2, 0.25) is 0 Å². The molecular formula is C14H20N6O. The zero-order valence-corrected chi connectivity index (χ0v) is 12.1. The second kappa shape index (κ2) is 7.98. The molecule has 0 unspecified atom stereocenters. The Morgan fingerprint density at radius 3 is 3.00 bits per heavy atom. The molecule has 7 nitrogen and oxygen atoms in total. The molecular weight excluding hydrogens is 268 g/mol. The molecule has 0 saturated heterocycles. The van der Waals surface area contributed by atoms with Crippen LogP contribution in [0.25, 0.3) is 0 Å². The van der Waals surface area contributed by atoms with Crippen LogP contribution in [-0.4, -0.2) is 39.0 Å². The Hall–Kier alpha value is -2.44. The Kier molecular flexibility index (Phi) is 5.69. The maximum atomic E-state index is 12.0. The van der Waals surface area contributed by atoms with Crippen molar-refractivity contribution in [2.24, 2.45) is 0 Å². The highest BCUT2D eigenvalue weighted by Gasteiger charge is 2.06. The van der Waals surface area contributed by atoms with Gasteiger partial charge in [-0.25, -0.2) is 4.98 Å². The van der Waals surface area contributed by atoms with Crippen molar-refractivity contribution in [2.75, 3.05) is 18.4 Å². The summed E-state index contributed by atoms with van der Waals surface area (Å²) < 4.78 is 1.74. The van der Waals surface area contributed by atoms with Crippen molar-refractivity contribution >= 4 is 11.7 Å². The van der Waals surface area contributed by atoms with E-state index in [-0.39, 0.29) is 5.91 Å². The summed E-state index contributed by atoms with van der Waals surface area (Å²) in [5.41, 5.74) is 0.615. The monoisotopic (exact) mass is 288 g/mol. The first-order valence-electron chi connectivity index (χ1n) is 7.12. The molecule has 0 fully saturated rings. The molecule has 0 aromatic carbocycles. The maximum Gasteiger partial charge on any atom is 0.251 e. The second-order valence-corrected chi connectivity index (χ2v) is 4.63. The SMILES string of the molecule is CCCNc1cc(C(=O)NCCCn2ccnn2)ccn1. The third kappa shape index (κ3) is 4.87. The van der Waals surface area contributed by atoms with E-state index in [1.807, 2.05) is 0 Å². The highest BCUT2D eigenvalue weighted by Crippen LogP contribution is 2.06. The van der Waals surface area contributed by atoms with E-state index >= 15 is 0 Å². The van der Waals surface area contributed by atoms with Crippen LogP contribution in [0.3, 0.4) is 0 Å². The van der Waals surface area contributed by atoms with Gasteiger partial charge >= 0.3 is 0 Å². The van der Waals surface area contributed by atoms with Gasteiger partial charge in [0.25, 0.3) is 5.91 Å². The van der Waals surface area contributed by atoms with Crippen LogP contribution in [0.15, 0.2) is 30.7 Å². The third-order valence-corrected chi connectivity index (χ3v) is 2.90. The summed E-state index contributed by atoms with van der Waals surface area (Å²) in [6.45, 7) is 4.26. The van der Waals surface area contributed by atoms with E-state index < -0.39 is 0 Å². The van der Waals surface area contributed by atoms with Crippen LogP contribution < -0.4 is 10.6 Å². The summed E-state index contributed by atoms with van der Waals surface area (Å²) >= 11 is 0. The Morgan fingerprint density at radius 2 is 2.24 bits per heavy atom. The van der Waals surface area contributed by atoms with Crippen molar-refractivity contribution in [3.05, 3.63) is 36.3 Å². The van der Waals surface area contributed by atoms with Crippen molar-refractivity contribution < 1.29 is 4.79 Å². The van der Waals surface area contributed by atoms with Gasteiger partial charge in [0, 0.05) is 37.6 Å². The van der Waals surface area contributed by atoms with Crippen LogP contribution >= 0.6 is 0 Å². The maximum absolute atomic E-state index is 12.0. The van der Waals surface area contributed by atoms with E-state index in [9.17, 15) is 4.79 Å². The number of nitrogens with zero attached hydrogens (tertiary/aromatic N) is 4. The molecule has 2 rings (SSSR count). The lowest BCUT2D eigenvalue weighted by atomic mass is 10.2. The first kappa shape index (κ1) is 15.0. The second-order valence-electron chi connectivity index (χ2n) is 4.63. The van der Waals surface area contributed by atoms with Gasteiger partial charge in [-0.2, -0.15) is 0 Å². The normalized spacial score (nSPS) is 10.3. The standard InChI is InChI=1S/C14H20N6O/c1-2-5-15-13-11-12(4-7-16-13)14(21)17-6-3-9-20-10-8-18-19-20/h4,7-8,10-11H,2-3,5-6,9H2,1H3,(H,15,16)(H,17,21). The minimum Gasteiger partial charge on any atom is -0.370 e. The average Bonchev–Trinajstić information content (AvgIpc) is 3.03. The number of rotatable bonds is 8. The van der Waals surface area contributed by atoms with Gasteiger partial charge in [0.15, 0.2) is 0 Å². The number of amides is 1. The van der Waals surface area contributed by atoms with Crippen LogP contribution in [0.4, 0.5) is 5.82 Å². The van der Waals surface area contributed by atoms with Crippen molar-refractivity contribution in [1.29, 1.82) is 0 Å². The molecule has 0 bridgehead atoms. The molecule has 0 saturated carbocycles. The van der Waals surface area contributed by atoms with Crippen LogP contribution in [0.5, 0.6) is 0 Å². The molecule has 7 heteroatoms. The molecule has 0 radical (unpaired) electrons. The molecule has 21 heavy (non-hydrogen) atoms. The van der Waals surface area contributed by atoms with Gasteiger partial charge in [0.05, 0.1) is 6.20 Å². The van der Waals surface area contributed by atoms with Gasteiger partial charge in [0.2, 0.25) is 0 Å². The predicted molar refractivity (Wildman–Crippen MR) is 80.0 cm³/mol. The number of nitrogens with one attached hydrogen (secondary N) is 2. The molecule has 0 atom stereocenters. The molecule has 0 aliphatic heterocycles. The van der Waals surface area contributed by atoms with Gasteiger partial charge in [-0.3, -0.25) is 9.48 Å². The van der Waals surface area contributed by atoms with E-state index in [0.717, 1.165) is 31.7 Å². The minimum atomic E-state index is -0.0875. The summed E-state index contributed by atoms with van der Waals surface area (Å²) in [4.78, 5) is 16.2. The zero-order chi connectivity index (χ0) is 14.9. The molecule has 2 aromatic heterocycles. The number of hydrogen-bond acceptors (Lipinski definition) is 5. The fraction of sp³-hybridized carbons (Fsp3) is 0.429. The van der Waals surface area contributed by atoms with Crippen molar-refractivity contribution in [3.63, 3.8) is 0 Å². The summed E-state index contributed by atoms with van der Waals surface area (Å²) in [5, 5.41) is 13.7. The Bertz CT molecular complexity index is 554. The summed E-state index contributed by atoms with van der Waals surface area (Å²) in [5.74, 6) is 0.641. The Labute approximate surface area is 123 Å². The van der Waals surface area contributed by atoms with Gasteiger partial charge in [-0.05, 0) is 25.0 Å². The van der Waals surface area contributed by atoms with Crippen LogP contribution in [0, 0.1) is 0 Å². The fourth-order valence-electron chi connectivity index (χ4n) is 1.82. The average molecular weight is 288 g/mol. The number of anilines is 1. The largest absolute Gasteiger partial charge is 0.370 e. The third-order valence-electron chi connectivity index (χ3n) is 2.90. The summed E-state index contributed by atoms with van der Waals surface area (Å²) in [6.07, 6.45) is 6.90. The lowest BCUT2D eigenvalue weighted by molar-refractivity contribution is 0.0952. The van der Waals surface area contributed by atoms with E-state index in [1.165, 1.54) is 0 Å². The Balaban J connectivity index is 1.77. The minimum absolute atomic E-state index is 0.0875. The van der Waals surface area contributed by atoms with Gasteiger partial charge in [0.1, 0.15) is 5.82 Å². The van der Waals surface area contributed by atoms with Crippen molar-refractivity contribution in [2.45, 2.75) is 26.3 Å². The van der Waals surface area contributed by atoms with E-state index in [0.29, 0.717) is 12.1 Å². The van der Waals surface area contributed by atoms with E-state index in [4.69, 9.17) is 0 Å². The predicted octanol–water partition coefficient (Wildman–Crippen LogP) is 1.32. The number of hydrogen-bond donors (Lipinski definition) is 2. The topological polar surface area (TPSA) is 84.7 Å². The quantitative estimate of drug-likeness (QED) is 0.716. The van der Waals surface area contributed by atoms with Gasteiger partial charge in [-0.1, -0.05) is 12.1 Å². The van der Waals surface area contributed by atoms with Crippen molar-refractivity contribution in [3.8, 4) is 0 Å². The van der Waals surface area contributed by atoms with Crippen LogP contribution in [0.1, 0.15) is 30.1 Å². The lowest BCUT2D eigenvalue weighted by Gasteiger charge is -2.07. The first-order chi connectivity index (χ1) is 10.3. The zero-order valence-electron chi connectivity index (χ0n) is 12.1. The molecule has 112 valence electrons. The summed E-state index contributed by atoms with van der Waals surface area (Å²) in [6, 6.07) is 3.48. The van der Waals surface area contributed by atoms with Gasteiger partial charge < -0.3 is 10.6 Å². The van der Waals surface area contributed by atoms with E-state index in [1.54, 1.807) is 35.4 Å². The molecule has 0 spiro atoms. The van der Waals surface area contributed by atoms with E-state index in [2.05, 4.69) is 32.9 Å². The number of carbonyl (C=O) groups excluding carboxylic acids is 1. The molecule has 0 aliphatic rings. The lowest BCUT2D eigenvalue weighted by Crippen LogP contribution is -2.25. The Morgan fingerprint density at radius 1 is 1.33 bits per heavy atom. The number of carbonyl (C=O) groups is 1. The molecule has 0 aliphatic carbocycles.